The Morgan fingerprint density at radius 3 is 2.67 bits per heavy atom. The molecule has 112 valence electrons. The molecule has 2 N–H and O–H groups in total. The molecule has 0 spiro atoms. The van der Waals surface area contributed by atoms with E-state index in [1.165, 1.54) is 0 Å². The van der Waals surface area contributed by atoms with Crippen molar-refractivity contribution in [3.8, 4) is 0 Å². The fourth-order valence-corrected chi connectivity index (χ4v) is 2.29. The Bertz CT molecular complexity index is 600. The molecular weight excluding hydrogens is 268 g/mol. The molecule has 0 aromatic carbocycles. The molecule has 0 aliphatic rings. The highest BCUT2D eigenvalue weighted by Gasteiger charge is 2.19. The number of aryl methyl sites for hydroxylation is 2. The van der Waals surface area contributed by atoms with Gasteiger partial charge in [-0.1, -0.05) is 5.16 Å². The summed E-state index contributed by atoms with van der Waals surface area (Å²) in [5, 5.41) is 9.95. The first-order valence-electron chi connectivity index (χ1n) is 6.96. The number of hydrogen-bond donors (Lipinski definition) is 2. The Labute approximate surface area is 123 Å². The predicted molar refractivity (Wildman–Crippen MR) is 80.3 cm³/mol. The lowest BCUT2D eigenvalue weighted by Crippen LogP contribution is -2.28. The summed E-state index contributed by atoms with van der Waals surface area (Å²) in [5.41, 5.74) is 2.98. The molecule has 2 aromatic heterocycles. The van der Waals surface area contributed by atoms with Gasteiger partial charge in [0.15, 0.2) is 0 Å². The van der Waals surface area contributed by atoms with Gasteiger partial charge in [-0.3, -0.25) is 4.79 Å². The lowest BCUT2D eigenvalue weighted by Gasteiger charge is -2.13. The number of carbonyl (C=O) groups excluding carboxylic acids is 1. The summed E-state index contributed by atoms with van der Waals surface area (Å²) >= 11 is 0. The average molecular weight is 288 g/mol. The summed E-state index contributed by atoms with van der Waals surface area (Å²) in [6.45, 7) is 8.42. The van der Waals surface area contributed by atoms with Gasteiger partial charge in [-0.2, -0.15) is 0 Å². The van der Waals surface area contributed by atoms with Crippen LogP contribution in [0.15, 0.2) is 22.9 Å². The van der Waals surface area contributed by atoms with Crippen molar-refractivity contribution in [2.75, 3.05) is 11.9 Å². The topological polar surface area (TPSA) is 80.0 Å². The first-order valence-corrected chi connectivity index (χ1v) is 6.96. The van der Waals surface area contributed by atoms with Crippen LogP contribution < -0.4 is 10.6 Å². The second-order valence-corrected chi connectivity index (χ2v) is 4.90. The predicted octanol–water partition coefficient (Wildman–Crippen LogP) is 2.61. The van der Waals surface area contributed by atoms with Crippen molar-refractivity contribution in [3.05, 3.63) is 41.0 Å². The number of nitrogens with zero attached hydrogens (tertiary/aromatic N) is 2. The molecule has 0 radical (unpaired) electrons. The van der Waals surface area contributed by atoms with Crippen molar-refractivity contribution in [1.29, 1.82) is 0 Å². The zero-order valence-electron chi connectivity index (χ0n) is 12.7. The van der Waals surface area contributed by atoms with E-state index in [0.29, 0.717) is 5.69 Å². The van der Waals surface area contributed by atoms with Crippen molar-refractivity contribution in [1.82, 2.24) is 15.5 Å². The lowest BCUT2D eigenvalue weighted by molar-refractivity contribution is 0.0934. The third-order valence-electron chi connectivity index (χ3n) is 3.25. The summed E-state index contributed by atoms with van der Waals surface area (Å²) in [6.07, 6.45) is 1.65. The molecule has 0 aliphatic heterocycles. The molecule has 6 nitrogen and oxygen atoms in total. The number of nitrogens with one attached hydrogen (secondary N) is 2. The van der Waals surface area contributed by atoms with Gasteiger partial charge in [-0.25, -0.2) is 4.98 Å². The fourth-order valence-electron chi connectivity index (χ4n) is 2.29. The maximum Gasteiger partial charge on any atom is 0.270 e. The van der Waals surface area contributed by atoms with Gasteiger partial charge < -0.3 is 15.2 Å². The Balaban J connectivity index is 2.07. The summed E-state index contributed by atoms with van der Waals surface area (Å²) in [5.74, 6) is 0.501. The van der Waals surface area contributed by atoms with E-state index in [9.17, 15) is 4.79 Å². The van der Waals surface area contributed by atoms with Crippen LogP contribution in [0, 0.1) is 13.8 Å². The van der Waals surface area contributed by atoms with E-state index in [-0.39, 0.29) is 11.9 Å². The zero-order chi connectivity index (χ0) is 15.4. The minimum atomic E-state index is -0.217. The SMILES string of the molecule is CCNc1ccc(C(=O)NC(C)c2c(C)noc2C)nc1. The first kappa shape index (κ1) is 15.0. The van der Waals surface area contributed by atoms with E-state index in [4.69, 9.17) is 4.52 Å². The molecule has 0 bridgehead atoms. The summed E-state index contributed by atoms with van der Waals surface area (Å²) in [6, 6.07) is 3.36. The molecule has 1 atom stereocenters. The van der Waals surface area contributed by atoms with Crippen LogP contribution in [-0.4, -0.2) is 22.6 Å². The quantitative estimate of drug-likeness (QED) is 0.884. The molecule has 0 fully saturated rings. The van der Waals surface area contributed by atoms with Crippen LogP contribution in [0.5, 0.6) is 0 Å². The van der Waals surface area contributed by atoms with Crippen LogP contribution in [0.25, 0.3) is 0 Å². The Morgan fingerprint density at radius 2 is 2.14 bits per heavy atom. The molecular formula is C15H20N4O2. The van der Waals surface area contributed by atoms with Crippen LogP contribution in [0.2, 0.25) is 0 Å². The third kappa shape index (κ3) is 3.39. The summed E-state index contributed by atoms with van der Waals surface area (Å²) < 4.78 is 5.12. The van der Waals surface area contributed by atoms with E-state index in [1.807, 2.05) is 33.8 Å². The van der Waals surface area contributed by atoms with Crippen molar-refractivity contribution in [2.45, 2.75) is 33.7 Å². The molecule has 21 heavy (non-hydrogen) atoms. The molecule has 1 amide bonds. The molecule has 6 heteroatoms. The fraction of sp³-hybridized carbons (Fsp3) is 0.400. The van der Waals surface area contributed by atoms with E-state index in [2.05, 4.69) is 20.8 Å². The van der Waals surface area contributed by atoms with Gasteiger partial charge in [0.25, 0.3) is 5.91 Å². The van der Waals surface area contributed by atoms with Gasteiger partial charge in [0.2, 0.25) is 0 Å². The number of aromatic nitrogens is 2. The smallest absolute Gasteiger partial charge is 0.270 e. The van der Waals surface area contributed by atoms with Gasteiger partial charge in [0.05, 0.1) is 23.6 Å². The number of pyridine rings is 1. The largest absolute Gasteiger partial charge is 0.384 e. The second-order valence-electron chi connectivity index (χ2n) is 4.90. The van der Waals surface area contributed by atoms with E-state index >= 15 is 0 Å². The monoisotopic (exact) mass is 288 g/mol. The van der Waals surface area contributed by atoms with Gasteiger partial charge in [0, 0.05) is 12.1 Å². The second kappa shape index (κ2) is 6.39. The summed E-state index contributed by atoms with van der Waals surface area (Å²) in [4.78, 5) is 16.4. The van der Waals surface area contributed by atoms with Gasteiger partial charge in [0.1, 0.15) is 11.5 Å². The van der Waals surface area contributed by atoms with Crippen molar-refractivity contribution < 1.29 is 9.32 Å². The average Bonchev–Trinajstić information content (AvgIpc) is 2.79. The minimum Gasteiger partial charge on any atom is -0.384 e. The summed E-state index contributed by atoms with van der Waals surface area (Å²) in [7, 11) is 0. The van der Waals surface area contributed by atoms with Gasteiger partial charge in [-0.15, -0.1) is 0 Å². The molecule has 2 aromatic rings. The maximum atomic E-state index is 12.2. The van der Waals surface area contributed by atoms with Gasteiger partial charge >= 0.3 is 0 Å². The van der Waals surface area contributed by atoms with Crippen LogP contribution in [0.4, 0.5) is 5.69 Å². The molecule has 2 heterocycles. The van der Waals surface area contributed by atoms with Crippen LogP contribution in [0.3, 0.4) is 0 Å². The lowest BCUT2D eigenvalue weighted by atomic mass is 10.1. The highest BCUT2D eigenvalue weighted by Crippen LogP contribution is 2.21. The highest BCUT2D eigenvalue weighted by molar-refractivity contribution is 5.92. The maximum absolute atomic E-state index is 12.2. The Morgan fingerprint density at radius 1 is 1.38 bits per heavy atom. The molecule has 0 saturated heterocycles. The minimum absolute atomic E-state index is 0.181. The van der Waals surface area contributed by atoms with Crippen LogP contribution >= 0.6 is 0 Å². The number of carbonyl (C=O) groups is 1. The van der Waals surface area contributed by atoms with Crippen molar-refractivity contribution in [3.63, 3.8) is 0 Å². The van der Waals surface area contributed by atoms with Gasteiger partial charge in [-0.05, 0) is 39.8 Å². The standard InChI is InChI=1S/C15H20N4O2/c1-5-16-12-6-7-13(17-8-12)15(20)18-9(2)14-10(3)19-21-11(14)4/h6-9,16H,5H2,1-4H3,(H,18,20). The number of rotatable bonds is 5. The van der Waals surface area contributed by atoms with E-state index < -0.39 is 0 Å². The van der Waals surface area contributed by atoms with Crippen LogP contribution in [0.1, 0.15) is 47.4 Å². The van der Waals surface area contributed by atoms with Crippen LogP contribution in [-0.2, 0) is 0 Å². The van der Waals surface area contributed by atoms with E-state index in [0.717, 1.165) is 29.2 Å². The number of amides is 1. The molecule has 0 saturated carbocycles. The normalized spacial score (nSPS) is 12.0. The zero-order valence-corrected chi connectivity index (χ0v) is 12.7. The molecule has 0 aliphatic carbocycles. The van der Waals surface area contributed by atoms with E-state index in [1.54, 1.807) is 12.3 Å². The molecule has 2 rings (SSSR count). The molecule has 1 unspecified atom stereocenters. The Kier molecular flexibility index (Phi) is 4.57. The first-order chi connectivity index (χ1) is 10.0. The number of hydrogen-bond acceptors (Lipinski definition) is 5. The van der Waals surface area contributed by atoms with Crippen molar-refractivity contribution >= 4 is 11.6 Å². The number of anilines is 1. The Hall–Kier alpha value is -2.37. The van der Waals surface area contributed by atoms with Crippen molar-refractivity contribution in [2.24, 2.45) is 0 Å². The highest BCUT2D eigenvalue weighted by atomic mass is 16.5. The third-order valence-corrected chi connectivity index (χ3v) is 3.25.